The maximum absolute atomic E-state index is 12.8. The van der Waals surface area contributed by atoms with Gasteiger partial charge in [0, 0.05) is 17.1 Å². The van der Waals surface area contributed by atoms with Crippen LogP contribution in [0.3, 0.4) is 0 Å². The molecule has 0 radical (unpaired) electrons. The molecule has 0 saturated heterocycles. The van der Waals surface area contributed by atoms with Gasteiger partial charge in [0.05, 0.1) is 11.1 Å². The van der Waals surface area contributed by atoms with Crippen molar-refractivity contribution in [3.63, 3.8) is 0 Å². The van der Waals surface area contributed by atoms with Crippen LogP contribution in [0, 0.1) is 13.8 Å². The molecule has 1 N–H and O–H groups in total. The smallest absolute Gasteiger partial charge is 0.252 e. The quantitative estimate of drug-likeness (QED) is 0.742. The number of pyridine rings is 1. The first-order valence-corrected chi connectivity index (χ1v) is 8.76. The zero-order valence-corrected chi connectivity index (χ0v) is 15.0. The Morgan fingerprint density at radius 2 is 1.84 bits per heavy atom. The Labute approximate surface area is 149 Å². The number of aryl methyl sites for hydroxylation is 3. The number of carbonyl (C=O) groups excluding carboxylic acids is 1. The number of hydrogen-bond acceptors (Lipinski definition) is 2. The van der Waals surface area contributed by atoms with Gasteiger partial charge in [-0.25, -0.2) is 0 Å². The molecule has 3 rings (SSSR count). The van der Waals surface area contributed by atoms with Gasteiger partial charge in [-0.1, -0.05) is 48.5 Å². The van der Waals surface area contributed by atoms with E-state index in [4.69, 9.17) is 0 Å². The molecule has 2 aromatic carbocycles. The Balaban J connectivity index is 1.75. The lowest BCUT2D eigenvalue weighted by Crippen LogP contribution is -2.33. The zero-order valence-electron chi connectivity index (χ0n) is 15.0. The Bertz CT molecular complexity index is 887. The standard InChI is InChI=1S/C22H24N2O/c1-15-8-7-11-19-20(14-17(3)23-21(15)19)22(25)24-16(2)12-13-18-9-5-4-6-10-18/h4-11,14,16H,12-13H2,1-3H3,(H,24,25)/t16-/m0/s1. The van der Waals surface area contributed by atoms with Gasteiger partial charge < -0.3 is 5.32 Å². The summed E-state index contributed by atoms with van der Waals surface area (Å²) in [5.74, 6) is -0.0262. The molecule has 0 unspecified atom stereocenters. The van der Waals surface area contributed by atoms with Crippen LogP contribution >= 0.6 is 0 Å². The first-order chi connectivity index (χ1) is 12.0. The van der Waals surface area contributed by atoms with E-state index in [0.29, 0.717) is 5.56 Å². The van der Waals surface area contributed by atoms with Crippen molar-refractivity contribution in [1.29, 1.82) is 0 Å². The molecule has 1 heterocycles. The number of amides is 1. The van der Waals surface area contributed by atoms with Gasteiger partial charge in [0.25, 0.3) is 5.91 Å². The lowest BCUT2D eigenvalue weighted by Gasteiger charge is -2.15. The molecule has 0 bridgehead atoms. The van der Waals surface area contributed by atoms with E-state index in [1.165, 1.54) is 5.56 Å². The third-order valence-electron chi connectivity index (χ3n) is 4.50. The first-order valence-electron chi connectivity index (χ1n) is 8.76. The first kappa shape index (κ1) is 17.2. The van der Waals surface area contributed by atoms with E-state index in [2.05, 4.69) is 29.4 Å². The maximum Gasteiger partial charge on any atom is 0.252 e. The Morgan fingerprint density at radius 3 is 2.60 bits per heavy atom. The molecule has 3 aromatic rings. The lowest BCUT2D eigenvalue weighted by atomic mass is 10.0. The van der Waals surface area contributed by atoms with E-state index < -0.39 is 0 Å². The van der Waals surface area contributed by atoms with Gasteiger partial charge in [-0.05, 0) is 50.8 Å². The monoisotopic (exact) mass is 332 g/mol. The van der Waals surface area contributed by atoms with E-state index in [1.54, 1.807) is 0 Å². The molecule has 3 heteroatoms. The predicted molar refractivity (Wildman–Crippen MR) is 103 cm³/mol. The van der Waals surface area contributed by atoms with E-state index in [0.717, 1.165) is 35.0 Å². The van der Waals surface area contributed by atoms with E-state index in [1.807, 2.05) is 56.3 Å². The number of benzene rings is 2. The van der Waals surface area contributed by atoms with Gasteiger partial charge in [0.15, 0.2) is 0 Å². The maximum atomic E-state index is 12.8. The molecular weight excluding hydrogens is 308 g/mol. The highest BCUT2D eigenvalue weighted by Gasteiger charge is 2.15. The molecular formula is C22H24N2O. The number of rotatable bonds is 5. The molecule has 0 aliphatic carbocycles. The normalized spacial score (nSPS) is 12.1. The van der Waals surface area contributed by atoms with E-state index in [-0.39, 0.29) is 11.9 Å². The third kappa shape index (κ3) is 4.05. The molecule has 3 nitrogen and oxygen atoms in total. The molecule has 0 spiro atoms. The minimum atomic E-state index is -0.0262. The van der Waals surface area contributed by atoms with Crippen LogP contribution in [0.4, 0.5) is 0 Å². The summed E-state index contributed by atoms with van der Waals surface area (Å²) in [6, 6.07) is 18.3. The van der Waals surface area contributed by atoms with Crippen LogP contribution in [-0.4, -0.2) is 16.9 Å². The van der Waals surface area contributed by atoms with Crippen LogP contribution < -0.4 is 5.32 Å². The second-order valence-corrected chi connectivity index (χ2v) is 6.68. The second-order valence-electron chi connectivity index (χ2n) is 6.68. The van der Waals surface area contributed by atoms with Gasteiger partial charge in [0.1, 0.15) is 0 Å². The number of fused-ring (bicyclic) bond motifs is 1. The number of para-hydroxylation sites is 1. The zero-order chi connectivity index (χ0) is 17.8. The van der Waals surface area contributed by atoms with E-state index >= 15 is 0 Å². The molecule has 128 valence electrons. The van der Waals surface area contributed by atoms with Crippen LogP contribution in [0.15, 0.2) is 54.6 Å². The number of nitrogens with one attached hydrogen (secondary N) is 1. The molecule has 0 saturated carbocycles. The fourth-order valence-electron chi connectivity index (χ4n) is 3.11. The summed E-state index contributed by atoms with van der Waals surface area (Å²) in [5.41, 5.74) is 4.86. The van der Waals surface area contributed by atoms with Crippen LogP contribution in [0.25, 0.3) is 10.9 Å². The molecule has 0 fully saturated rings. The predicted octanol–water partition coefficient (Wildman–Crippen LogP) is 4.60. The fraction of sp³-hybridized carbons (Fsp3) is 0.273. The van der Waals surface area contributed by atoms with Crippen molar-refractivity contribution in [2.75, 3.05) is 0 Å². The highest BCUT2D eigenvalue weighted by molar-refractivity contribution is 6.06. The summed E-state index contributed by atoms with van der Waals surface area (Å²) in [7, 11) is 0. The van der Waals surface area contributed by atoms with Crippen molar-refractivity contribution < 1.29 is 4.79 Å². The van der Waals surface area contributed by atoms with Crippen molar-refractivity contribution in [2.24, 2.45) is 0 Å². The SMILES string of the molecule is Cc1cc(C(=O)N[C@@H](C)CCc2ccccc2)c2cccc(C)c2n1. The van der Waals surface area contributed by atoms with Crippen molar-refractivity contribution in [2.45, 2.75) is 39.7 Å². The Kier molecular flexibility index (Phi) is 5.13. The summed E-state index contributed by atoms with van der Waals surface area (Å²) < 4.78 is 0. The summed E-state index contributed by atoms with van der Waals surface area (Å²) >= 11 is 0. The van der Waals surface area contributed by atoms with Crippen molar-refractivity contribution in [3.05, 3.63) is 77.0 Å². The van der Waals surface area contributed by atoms with Gasteiger partial charge in [-0.3, -0.25) is 9.78 Å². The molecule has 1 atom stereocenters. The van der Waals surface area contributed by atoms with Gasteiger partial charge in [-0.2, -0.15) is 0 Å². The minimum Gasteiger partial charge on any atom is -0.350 e. The van der Waals surface area contributed by atoms with Crippen molar-refractivity contribution in [1.82, 2.24) is 10.3 Å². The highest BCUT2D eigenvalue weighted by atomic mass is 16.1. The van der Waals surface area contributed by atoms with Crippen LogP contribution in [0.5, 0.6) is 0 Å². The van der Waals surface area contributed by atoms with Crippen molar-refractivity contribution in [3.8, 4) is 0 Å². The molecule has 1 amide bonds. The van der Waals surface area contributed by atoms with Crippen LogP contribution in [0.2, 0.25) is 0 Å². The number of nitrogens with zero attached hydrogens (tertiary/aromatic N) is 1. The molecule has 0 aliphatic rings. The summed E-state index contributed by atoms with van der Waals surface area (Å²) in [6.45, 7) is 6.02. The molecule has 25 heavy (non-hydrogen) atoms. The largest absolute Gasteiger partial charge is 0.350 e. The fourth-order valence-corrected chi connectivity index (χ4v) is 3.11. The van der Waals surface area contributed by atoms with Gasteiger partial charge in [-0.15, -0.1) is 0 Å². The number of aromatic nitrogens is 1. The average Bonchev–Trinajstić information content (AvgIpc) is 2.61. The average molecular weight is 332 g/mol. The number of hydrogen-bond donors (Lipinski definition) is 1. The number of carbonyl (C=O) groups is 1. The summed E-state index contributed by atoms with van der Waals surface area (Å²) in [5, 5.41) is 4.05. The topological polar surface area (TPSA) is 42.0 Å². The minimum absolute atomic E-state index is 0.0262. The Hall–Kier alpha value is -2.68. The lowest BCUT2D eigenvalue weighted by molar-refractivity contribution is 0.0940. The van der Waals surface area contributed by atoms with Gasteiger partial charge >= 0.3 is 0 Å². The van der Waals surface area contributed by atoms with Crippen LogP contribution in [-0.2, 0) is 6.42 Å². The Morgan fingerprint density at radius 1 is 1.08 bits per heavy atom. The van der Waals surface area contributed by atoms with E-state index in [9.17, 15) is 4.79 Å². The molecule has 0 aliphatic heterocycles. The highest BCUT2D eigenvalue weighted by Crippen LogP contribution is 2.21. The second kappa shape index (κ2) is 7.47. The van der Waals surface area contributed by atoms with Crippen LogP contribution in [0.1, 0.15) is 40.5 Å². The molecule has 1 aromatic heterocycles. The summed E-state index contributed by atoms with van der Waals surface area (Å²) in [6.07, 6.45) is 1.87. The van der Waals surface area contributed by atoms with Gasteiger partial charge in [0.2, 0.25) is 0 Å². The summed E-state index contributed by atoms with van der Waals surface area (Å²) in [4.78, 5) is 17.4. The third-order valence-corrected chi connectivity index (χ3v) is 4.50. The van der Waals surface area contributed by atoms with Crippen molar-refractivity contribution >= 4 is 16.8 Å².